The predicted octanol–water partition coefficient (Wildman–Crippen LogP) is 6.01. The number of furan rings is 1. The Morgan fingerprint density at radius 3 is 2.32 bits per heavy atom. The van der Waals surface area contributed by atoms with Gasteiger partial charge in [-0.2, -0.15) is 9.57 Å². The van der Waals surface area contributed by atoms with Crippen molar-refractivity contribution in [2.75, 3.05) is 5.32 Å². The second-order valence-corrected chi connectivity index (χ2v) is 10.5. The highest BCUT2D eigenvalue weighted by Crippen LogP contribution is 2.24. The Morgan fingerprint density at radius 1 is 0.974 bits per heavy atom. The van der Waals surface area contributed by atoms with E-state index in [4.69, 9.17) is 16.0 Å². The Bertz CT molecular complexity index is 1590. The molecule has 0 unspecified atom stereocenters. The lowest BCUT2D eigenvalue weighted by molar-refractivity contribution is -0.112. The van der Waals surface area contributed by atoms with Crippen molar-refractivity contribution in [2.24, 2.45) is 0 Å². The predicted molar refractivity (Wildman–Crippen MR) is 142 cm³/mol. The molecule has 3 aromatic carbocycles. The molecule has 0 fully saturated rings. The number of halogens is 2. The van der Waals surface area contributed by atoms with Gasteiger partial charge in [-0.15, -0.1) is 0 Å². The minimum absolute atomic E-state index is 0.0775. The third-order valence-electron chi connectivity index (χ3n) is 5.42. The molecule has 4 rings (SSSR count). The van der Waals surface area contributed by atoms with Crippen LogP contribution >= 0.6 is 11.6 Å². The zero-order valence-corrected chi connectivity index (χ0v) is 21.4. The molecule has 7 nitrogen and oxygen atoms in total. The number of hydrogen-bond acceptors (Lipinski definition) is 5. The molecule has 1 aromatic heterocycles. The number of sulfonamides is 1. The molecule has 0 radical (unpaired) electrons. The van der Waals surface area contributed by atoms with Gasteiger partial charge in [-0.25, -0.2) is 12.8 Å². The van der Waals surface area contributed by atoms with E-state index in [1.54, 1.807) is 6.07 Å². The second-order valence-electron chi connectivity index (χ2n) is 8.15. The molecule has 0 atom stereocenters. The first-order valence-electron chi connectivity index (χ1n) is 11.3. The molecule has 1 amide bonds. The lowest BCUT2D eigenvalue weighted by Gasteiger charge is -2.21. The van der Waals surface area contributed by atoms with Gasteiger partial charge in [-0.1, -0.05) is 41.9 Å². The summed E-state index contributed by atoms with van der Waals surface area (Å²) in [6, 6.07) is 25.0. The van der Waals surface area contributed by atoms with Crippen LogP contribution in [0.5, 0.6) is 0 Å². The molecule has 10 heteroatoms. The summed E-state index contributed by atoms with van der Waals surface area (Å²) in [6.45, 7) is -0.0153. The van der Waals surface area contributed by atoms with Gasteiger partial charge in [0.2, 0.25) is 10.0 Å². The van der Waals surface area contributed by atoms with Crippen molar-refractivity contribution in [1.82, 2.24) is 4.31 Å². The summed E-state index contributed by atoms with van der Waals surface area (Å²) in [5.74, 6) is -0.662. The Morgan fingerprint density at radius 2 is 1.66 bits per heavy atom. The normalized spacial score (nSPS) is 11.8. The van der Waals surface area contributed by atoms with E-state index in [0.717, 1.165) is 5.56 Å². The lowest BCUT2D eigenvalue weighted by atomic mass is 10.2. The van der Waals surface area contributed by atoms with Gasteiger partial charge in [-0.05, 0) is 66.2 Å². The maximum absolute atomic E-state index is 13.5. The van der Waals surface area contributed by atoms with Crippen molar-refractivity contribution < 1.29 is 22.0 Å². The topological polar surface area (TPSA) is 103 Å². The first-order valence-corrected chi connectivity index (χ1v) is 13.1. The molecule has 0 aliphatic carbocycles. The van der Waals surface area contributed by atoms with Crippen LogP contribution in [0.2, 0.25) is 5.02 Å². The summed E-state index contributed by atoms with van der Waals surface area (Å²) < 4.78 is 47.1. The largest absolute Gasteiger partial charge is 0.460 e. The number of amides is 1. The molecule has 4 aromatic rings. The highest BCUT2D eigenvalue weighted by atomic mass is 35.5. The zero-order chi connectivity index (χ0) is 27.1. The Labute approximate surface area is 224 Å². The first kappa shape index (κ1) is 26.8. The van der Waals surface area contributed by atoms with Crippen molar-refractivity contribution in [3.8, 4) is 6.07 Å². The number of nitrogens with zero attached hydrogens (tertiary/aromatic N) is 2. The molecule has 1 heterocycles. The quantitative estimate of drug-likeness (QED) is 0.203. The molecule has 38 heavy (non-hydrogen) atoms. The van der Waals surface area contributed by atoms with Crippen molar-refractivity contribution in [3.63, 3.8) is 0 Å². The van der Waals surface area contributed by atoms with Crippen molar-refractivity contribution >= 4 is 39.3 Å². The molecule has 0 bridgehead atoms. The third-order valence-corrected chi connectivity index (χ3v) is 7.48. The number of hydrogen-bond donors (Lipinski definition) is 1. The highest BCUT2D eigenvalue weighted by molar-refractivity contribution is 7.89. The van der Waals surface area contributed by atoms with Gasteiger partial charge in [0.05, 0.1) is 11.4 Å². The van der Waals surface area contributed by atoms with Crippen molar-refractivity contribution in [1.29, 1.82) is 5.26 Å². The van der Waals surface area contributed by atoms with Crippen LogP contribution in [0.15, 0.2) is 106 Å². The number of nitrogens with one attached hydrogen (secondary N) is 1. The number of nitriles is 1. The summed E-state index contributed by atoms with van der Waals surface area (Å²) in [6.07, 6.45) is 1.25. The van der Waals surface area contributed by atoms with Crippen molar-refractivity contribution in [3.05, 3.63) is 124 Å². The van der Waals surface area contributed by atoms with Gasteiger partial charge >= 0.3 is 0 Å². The Balaban J connectivity index is 1.56. The van der Waals surface area contributed by atoms with Crippen LogP contribution < -0.4 is 5.32 Å². The van der Waals surface area contributed by atoms with Gasteiger partial charge in [0.25, 0.3) is 5.91 Å². The molecule has 0 aliphatic rings. The Kier molecular flexibility index (Phi) is 8.38. The summed E-state index contributed by atoms with van der Waals surface area (Å²) in [7, 11) is -3.93. The van der Waals surface area contributed by atoms with Crippen molar-refractivity contribution in [2.45, 2.75) is 18.0 Å². The number of carbonyl (C=O) groups is 1. The molecular weight excluding hydrogens is 529 g/mol. The molecular formula is C28H21ClFN3O4S. The van der Waals surface area contributed by atoms with E-state index in [0.29, 0.717) is 16.5 Å². The van der Waals surface area contributed by atoms with Gasteiger partial charge in [0.15, 0.2) is 0 Å². The lowest BCUT2D eigenvalue weighted by Crippen LogP contribution is -2.30. The maximum atomic E-state index is 13.5. The number of carbonyl (C=O) groups excluding carboxylic acids is 1. The van der Waals surface area contributed by atoms with E-state index in [2.05, 4.69) is 5.32 Å². The fraction of sp³-hybridized carbons (Fsp3) is 0.0714. The Hall–Kier alpha value is -4.23. The van der Waals surface area contributed by atoms with Crippen LogP contribution in [0.4, 0.5) is 10.1 Å². The minimum Gasteiger partial charge on any atom is -0.460 e. The van der Waals surface area contributed by atoms with E-state index < -0.39 is 21.7 Å². The van der Waals surface area contributed by atoms with Gasteiger partial charge in [0, 0.05) is 23.3 Å². The summed E-state index contributed by atoms with van der Waals surface area (Å²) in [5.41, 5.74) is 0.854. The van der Waals surface area contributed by atoms with Crippen LogP contribution in [0, 0.1) is 17.1 Å². The summed E-state index contributed by atoms with van der Waals surface area (Å²) in [5, 5.41) is 12.4. The maximum Gasteiger partial charge on any atom is 0.266 e. The first-order chi connectivity index (χ1) is 18.2. The highest BCUT2D eigenvalue weighted by Gasteiger charge is 2.26. The molecule has 0 saturated heterocycles. The average molecular weight is 550 g/mol. The van der Waals surface area contributed by atoms with Crippen LogP contribution in [-0.2, 0) is 27.9 Å². The monoisotopic (exact) mass is 549 g/mol. The summed E-state index contributed by atoms with van der Waals surface area (Å²) >= 11 is 5.94. The van der Waals surface area contributed by atoms with Crippen LogP contribution in [-0.4, -0.2) is 18.6 Å². The van der Waals surface area contributed by atoms with E-state index in [1.165, 1.54) is 65.0 Å². The molecule has 0 aliphatic heterocycles. The van der Waals surface area contributed by atoms with Crippen LogP contribution in [0.3, 0.4) is 0 Å². The van der Waals surface area contributed by atoms with E-state index in [-0.39, 0.29) is 29.3 Å². The van der Waals surface area contributed by atoms with E-state index in [9.17, 15) is 22.9 Å². The minimum atomic E-state index is -3.93. The van der Waals surface area contributed by atoms with E-state index >= 15 is 0 Å². The molecule has 0 spiro atoms. The van der Waals surface area contributed by atoms with Crippen LogP contribution in [0.25, 0.3) is 6.08 Å². The second kappa shape index (κ2) is 11.9. The number of anilines is 1. The van der Waals surface area contributed by atoms with Crippen LogP contribution in [0.1, 0.15) is 17.1 Å². The molecule has 1 N–H and O–H groups in total. The third kappa shape index (κ3) is 6.75. The number of rotatable bonds is 9. The average Bonchev–Trinajstić information content (AvgIpc) is 3.36. The number of benzene rings is 3. The standard InChI is InChI=1S/C28H21ClFN3O4S/c29-22-6-14-27(15-7-22)38(35,36)33(18-20-4-2-1-3-5-20)19-26-13-12-25(37-26)16-21(17-31)28(34)32-24-10-8-23(30)9-11-24/h1-16H,18-19H2,(H,32,34)/b21-16-. The fourth-order valence-electron chi connectivity index (χ4n) is 3.52. The summed E-state index contributed by atoms with van der Waals surface area (Å²) in [4.78, 5) is 12.6. The SMILES string of the molecule is N#C/C(=C/c1ccc(CN(Cc2ccccc2)S(=O)(=O)c2ccc(Cl)cc2)o1)C(=O)Nc1ccc(F)cc1. The van der Waals surface area contributed by atoms with Gasteiger partial charge in [0.1, 0.15) is 29.0 Å². The fourth-order valence-corrected chi connectivity index (χ4v) is 5.04. The smallest absolute Gasteiger partial charge is 0.266 e. The van der Waals surface area contributed by atoms with Gasteiger partial charge in [-0.3, -0.25) is 4.79 Å². The molecule has 0 saturated carbocycles. The van der Waals surface area contributed by atoms with E-state index in [1.807, 2.05) is 36.4 Å². The zero-order valence-electron chi connectivity index (χ0n) is 19.8. The van der Waals surface area contributed by atoms with Gasteiger partial charge < -0.3 is 9.73 Å². The molecule has 192 valence electrons.